The molecule has 6 heteroatoms. The van der Waals surface area contributed by atoms with E-state index >= 15 is 0 Å². The van der Waals surface area contributed by atoms with Crippen molar-refractivity contribution in [3.05, 3.63) is 21.1 Å². The largest absolute Gasteiger partial charge is 0.355 e. The normalized spacial score (nSPS) is 25.5. The highest BCUT2D eigenvalue weighted by Crippen LogP contribution is 2.44. The number of carbonyl (C=O) groups is 1. The van der Waals surface area contributed by atoms with Crippen LogP contribution >= 0.6 is 11.3 Å². The van der Waals surface area contributed by atoms with Gasteiger partial charge in [-0.1, -0.05) is 12.8 Å². The maximum Gasteiger partial charge on any atom is 0.304 e. The van der Waals surface area contributed by atoms with Gasteiger partial charge in [-0.3, -0.25) is 14.9 Å². The third kappa shape index (κ3) is 2.69. The summed E-state index contributed by atoms with van der Waals surface area (Å²) in [7, 11) is 0. The Bertz CT molecular complexity index is 567. The van der Waals surface area contributed by atoms with Crippen molar-refractivity contribution in [2.24, 2.45) is 5.92 Å². The third-order valence-corrected chi connectivity index (χ3v) is 6.00. The Morgan fingerprint density at radius 2 is 2.05 bits per heavy atom. The van der Waals surface area contributed by atoms with Crippen LogP contribution in [0.5, 0.6) is 0 Å². The molecule has 114 valence electrons. The second-order valence-corrected chi connectivity index (χ2v) is 7.09. The van der Waals surface area contributed by atoms with Gasteiger partial charge < -0.3 is 4.90 Å². The van der Waals surface area contributed by atoms with Crippen molar-refractivity contribution in [2.75, 3.05) is 11.4 Å². The highest BCUT2D eigenvalue weighted by atomic mass is 32.1. The molecule has 2 atom stereocenters. The molecule has 0 spiro atoms. The summed E-state index contributed by atoms with van der Waals surface area (Å²) in [6.07, 6.45) is 7.16. The standard InChI is InChI=1S/C15H20N2O3S/c1-10(18)14-9-13(17(19)20)15(21-14)16-8-4-6-11-5-2-3-7-12(11)16/h9,11-12H,2-8H2,1H3/t11-,12-/m1/s1. The van der Waals surface area contributed by atoms with Gasteiger partial charge >= 0.3 is 5.69 Å². The van der Waals surface area contributed by atoms with Crippen LogP contribution in [0, 0.1) is 16.0 Å². The molecule has 2 heterocycles. The van der Waals surface area contributed by atoms with Crippen LogP contribution in [0.4, 0.5) is 10.7 Å². The quantitative estimate of drug-likeness (QED) is 0.480. The van der Waals surface area contributed by atoms with Gasteiger partial charge in [0.1, 0.15) is 0 Å². The average molecular weight is 308 g/mol. The zero-order chi connectivity index (χ0) is 15.0. The maximum atomic E-state index is 11.6. The number of piperidine rings is 1. The number of nitrogens with zero attached hydrogens (tertiary/aromatic N) is 2. The van der Waals surface area contributed by atoms with Crippen molar-refractivity contribution >= 4 is 27.8 Å². The Hall–Kier alpha value is -1.43. The van der Waals surface area contributed by atoms with Gasteiger partial charge in [-0.2, -0.15) is 0 Å². The Labute approximate surface area is 128 Å². The van der Waals surface area contributed by atoms with E-state index in [0.29, 0.717) is 21.8 Å². The van der Waals surface area contributed by atoms with Crippen molar-refractivity contribution in [1.29, 1.82) is 0 Å². The summed E-state index contributed by atoms with van der Waals surface area (Å²) in [5, 5.41) is 12.0. The average Bonchev–Trinajstić information content (AvgIpc) is 2.92. The fraction of sp³-hybridized carbons (Fsp3) is 0.667. The maximum absolute atomic E-state index is 11.6. The minimum Gasteiger partial charge on any atom is -0.355 e. The van der Waals surface area contributed by atoms with Crippen molar-refractivity contribution in [3.8, 4) is 0 Å². The summed E-state index contributed by atoms with van der Waals surface area (Å²) in [4.78, 5) is 25.3. The second-order valence-electron chi connectivity index (χ2n) is 6.06. The fourth-order valence-electron chi connectivity index (χ4n) is 3.76. The minimum atomic E-state index is -0.343. The lowest BCUT2D eigenvalue weighted by molar-refractivity contribution is -0.383. The molecule has 0 amide bonds. The Morgan fingerprint density at radius 1 is 1.33 bits per heavy atom. The predicted octanol–water partition coefficient (Wildman–Crippen LogP) is 4.02. The van der Waals surface area contributed by atoms with Crippen LogP contribution in [-0.4, -0.2) is 23.3 Å². The number of hydrogen-bond acceptors (Lipinski definition) is 5. The van der Waals surface area contributed by atoms with Crippen LogP contribution in [0.25, 0.3) is 0 Å². The molecule has 3 rings (SSSR count). The highest BCUT2D eigenvalue weighted by molar-refractivity contribution is 7.18. The van der Waals surface area contributed by atoms with Gasteiger partial charge in [-0.15, -0.1) is 11.3 Å². The molecule has 1 aliphatic carbocycles. The van der Waals surface area contributed by atoms with Crippen LogP contribution in [0.15, 0.2) is 6.07 Å². The van der Waals surface area contributed by atoms with Crippen LogP contribution < -0.4 is 4.90 Å². The number of rotatable bonds is 3. The van der Waals surface area contributed by atoms with E-state index in [1.807, 2.05) is 0 Å². The Morgan fingerprint density at radius 3 is 2.76 bits per heavy atom. The van der Waals surface area contributed by atoms with E-state index in [1.165, 1.54) is 50.0 Å². The van der Waals surface area contributed by atoms with Crippen LogP contribution in [-0.2, 0) is 0 Å². The number of anilines is 1. The smallest absolute Gasteiger partial charge is 0.304 e. The van der Waals surface area contributed by atoms with Gasteiger partial charge in [0.15, 0.2) is 10.8 Å². The Balaban J connectivity index is 1.97. The van der Waals surface area contributed by atoms with Crippen LogP contribution in [0.2, 0.25) is 0 Å². The summed E-state index contributed by atoms with van der Waals surface area (Å²) < 4.78 is 0. The molecular formula is C15H20N2O3S. The molecule has 0 radical (unpaired) electrons. The third-order valence-electron chi connectivity index (χ3n) is 4.74. The molecule has 1 saturated carbocycles. The van der Waals surface area contributed by atoms with Crippen LogP contribution in [0.1, 0.15) is 55.1 Å². The summed E-state index contributed by atoms with van der Waals surface area (Å²) in [5.41, 5.74) is 0.108. The van der Waals surface area contributed by atoms with E-state index < -0.39 is 0 Å². The first-order valence-electron chi connectivity index (χ1n) is 7.63. The SMILES string of the molecule is CC(=O)c1cc([N+](=O)[O-])c(N2CCC[C@H]3CCCC[C@H]32)s1. The molecule has 0 bridgehead atoms. The van der Waals surface area contributed by atoms with E-state index in [-0.39, 0.29) is 16.4 Å². The van der Waals surface area contributed by atoms with E-state index in [4.69, 9.17) is 0 Å². The number of nitro groups is 1. The zero-order valence-electron chi connectivity index (χ0n) is 12.2. The lowest BCUT2D eigenvalue weighted by Crippen LogP contribution is -2.46. The number of hydrogen-bond donors (Lipinski definition) is 0. The second kappa shape index (κ2) is 5.75. The molecule has 1 aromatic rings. The molecule has 2 fully saturated rings. The first-order valence-corrected chi connectivity index (χ1v) is 8.45. The van der Waals surface area contributed by atoms with Crippen LogP contribution in [0.3, 0.4) is 0 Å². The van der Waals surface area contributed by atoms with E-state index in [9.17, 15) is 14.9 Å². The molecule has 5 nitrogen and oxygen atoms in total. The first-order chi connectivity index (χ1) is 10.1. The Kier molecular flexibility index (Phi) is 3.97. The summed E-state index contributed by atoms with van der Waals surface area (Å²) >= 11 is 1.29. The summed E-state index contributed by atoms with van der Waals surface area (Å²) in [6, 6.07) is 1.87. The highest BCUT2D eigenvalue weighted by Gasteiger charge is 2.37. The van der Waals surface area contributed by atoms with E-state index in [2.05, 4.69) is 4.90 Å². The van der Waals surface area contributed by atoms with Gasteiger partial charge in [0.05, 0.1) is 9.80 Å². The predicted molar refractivity (Wildman–Crippen MR) is 83.3 cm³/mol. The van der Waals surface area contributed by atoms with E-state index in [0.717, 1.165) is 19.4 Å². The molecule has 2 aliphatic rings. The van der Waals surface area contributed by atoms with Gasteiger partial charge in [-0.25, -0.2) is 0 Å². The van der Waals surface area contributed by atoms with Gasteiger partial charge in [0.2, 0.25) is 0 Å². The minimum absolute atomic E-state index is 0.0912. The number of carbonyl (C=O) groups excluding carboxylic acids is 1. The molecule has 1 saturated heterocycles. The van der Waals surface area contributed by atoms with Crippen molar-refractivity contribution in [2.45, 2.75) is 51.5 Å². The van der Waals surface area contributed by atoms with E-state index in [1.54, 1.807) is 0 Å². The zero-order valence-corrected chi connectivity index (χ0v) is 13.0. The monoisotopic (exact) mass is 308 g/mol. The van der Waals surface area contributed by atoms with Crippen molar-refractivity contribution < 1.29 is 9.72 Å². The molecular weight excluding hydrogens is 288 g/mol. The topological polar surface area (TPSA) is 63.4 Å². The van der Waals surface area contributed by atoms with Gasteiger partial charge in [0, 0.05) is 18.7 Å². The molecule has 0 unspecified atom stereocenters. The number of Topliss-reactive ketones (excluding diaryl/α,β-unsaturated/α-hetero) is 1. The molecule has 0 N–H and O–H groups in total. The van der Waals surface area contributed by atoms with Crippen molar-refractivity contribution in [1.82, 2.24) is 0 Å². The number of fused-ring (bicyclic) bond motifs is 1. The lowest BCUT2D eigenvalue weighted by atomic mass is 9.78. The molecule has 0 aromatic carbocycles. The first kappa shape index (κ1) is 14.5. The van der Waals surface area contributed by atoms with Crippen molar-refractivity contribution in [3.63, 3.8) is 0 Å². The van der Waals surface area contributed by atoms with Gasteiger partial charge in [-0.05, 0) is 38.5 Å². The number of thiophene rings is 1. The summed E-state index contributed by atoms with van der Waals surface area (Å²) in [5.74, 6) is 0.571. The number of ketones is 1. The fourth-order valence-corrected chi connectivity index (χ4v) is 4.86. The molecule has 1 aromatic heterocycles. The lowest BCUT2D eigenvalue weighted by Gasteiger charge is -2.44. The van der Waals surface area contributed by atoms with Gasteiger partial charge in [0.25, 0.3) is 0 Å². The summed E-state index contributed by atoms with van der Waals surface area (Å²) in [6.45, 7) is 2.35. The molecule has 21 heavy (non-hydrogen) atoms. The molecule has 1 aliphatic heterocycles.